The number of hydrogen-bond donors (Lipinski definition) is 1. The van der Waals surface area contributed by atoms with E-state index in [1.165, 1.54) is 18.2 Å². The van der Waals surface area contributed by atoms with Gasteiger partial charge in [0.15, 0.2) is 0 Å². The fourth-order valence-electron chi connectivity index (χ4n) is 2.24. The van der Waals surface area contributed by atoms with Gasteiger partial charge >= 0.3 is 0 Å². The van der Waals surface area contributed by atoms with Gasteiger partial charge in [-0.1, -0.05) is 0 Å². The van der Waals surface area contributed by atoms with E-state index in [0.29, 0.717) is 12.1 Å². The second-order valence-electron chi connectivity index (χ2n) is 4.77. The molecular weight excluding hydrogens is 250 g/mol. The molecule has 0 aromatic heterocycles. The van der Waals surface area contributed by atoms with E-state index in [0.717, 1.165) is 19.4 Å². The van der Waals surface area contributed by atoms with Crippen LogP contribution in [0.15, 0.2) is 12.1 Å². The summed E-state index contributed by atoms with van der Waals surface area (Å²) in [4.78, 5) is 0. The number of halogens is 2. The van der Waals surface area contributed by atoms with Crippen LogP contribution in [0, 0.1) is 23.0 Å². The zero-order chi connectivity index (χ0) is 13.8. The average Bonchev–Trinajstić information content (AvgIpc) is 2.89. The summed E-state index contributed by atoms with van der Waals surface area (Å²) in [5.41, 5.74) is -0.0465. The lowest BCUT2D eigenvalue weighted by Crippen LogP contribution is -2.36. The molecule has 0 amide bonds. The third kappa shape index (κ3) is 3.28. The molecule has 5 heteroatoms. The standard InChI is InChI=1S/C14H16F2N2O/c1-9(14-3-2-4-19-14)18-8-10-5-12(15)11(7-17)13(16)6-10/h5-6,9,14,18H,2-4,8H2,1H3. The smallest absolute Gasteiger partial charge is 0.144 e. The van der Waals surface area contributed by atoms with Gasteiger partial charge in [-0.3, -0.25) is 0 Å². The van der Waals surface area contributed by atoms with Gasteiger partial charge in [-0.25, -0.2) is 8.78 Å². The van der Waals surface area contributed by atoms with Crippen molar-refractivity contribution in [2.24, 2.45) is 0 Å². The molecule has 2 atom stereocenters. The molecule has 1 aliphatic heterocycles. The van der Waals surface area contributed by atoms with Gasteiger partial charge in [-0.15, -0.1) is 0 Å². The molecule has 1 heterocycles. The summed E-state index contributed by atoms with van der Waals surface area (Å²) >= 11 is 0. The molecule has 1 fully saturated rings. The Morgan fingerprint density at radius 3 is 2.68 bits per heavy atom. The number of nitrogens with one attached hydrogen (secondary N) is 1. The maximum atomic E-state index is 13.4. The minimum absolute atomic E-state index is 0.129. The van der Waals surface area contributed by atoms with Crippen LogP contribution in [-0.2, 0) is 11.3 Å². The first-order valence-corrected chi connectivity index (χ1v) is 6.35. The van der Waals surface area contributed by atoms with Gasteiger partial charge in [0.05, 0.1) is 6.10 Å². The van der Waals surface area contributed by atoms with Crippen LogP contribution in [0.1, 0.15) is 30.9 Å². The van der Waals surface area contributed by atoms with Crippen LogP contribution in [-0.4, -0.2) is 18.8 Å². The molecule has 1 aromatic carbocycles. The fraction of sp³-hybridized carbons (Fsp3) is 0.500. The van der Waals surface area contributed by atoms with Gasteiger partial charge < -0.3 is 10.1 Å². The Hall–Kier alpha value is -1.51. The molecule has 1 aliphatic rings. The largest absolute Gasteiger partial charge is 0.377 e. The minimum atomic E-state index is -0.816. The predicted octanol–water partition coefficient (Wildman–Crippen LogP) is 2.49. The van der Waals surface area contributed by atoms with Gasteiger partial charge in [0.1, 0.15) is 23.3 Å². The lowest BCUT2D eigenvalue weighted by molar-refractivity contribution is 0.0832. The van der Waals surface area contributed by atoms with E-state index < -0.39 is 17.2 Å². The Kier molecular flexibility index (Phi) is 4.46. The maximum Gasteiger partial charge on any atom is 0.144 e. The van der Waals surface area contributed by atoms with Crippen LogP contribution in [0.5, 0.6) is 0 Å². The van der Waals surface area contributed by atoms with E-state index in [9.17, 15) is 8.78 Å². The Bertz CT molecular complexity index is 470. The van der Waals surface area contributed by atoms with Crippen molar-refractivity contribution >= 4 is 0 Å². The van der Waals surface area contributed by atoms with Crippen LogP contribution >= 0.6 is 0 Å². The molecule has 1 saturated heterocycles. The van der Waals surface area contributed by atoms with E-state index in [2.05, 4.69) is 5.32 Å². The highest BCUT2D eigenvalue weighted by molar-refractivity contribution is 5.35. The van der Waals surface area contributed by atoms with Gasteiger partial charge in [0.25, 0.3) is 0 Å². The van der Waals surface area contributed by atoms with E-state index in [1.807, 2.05) is 6.92 Å². The SMILES string of the molecule is CC(NCc1cc(F)c(C#N)c(F)c1)C1CCCO1. The second kappa shape index (κ2) is 6.09. The summed E-state index contributed by atoms with van der Waals surface area (Å²) in [6.07, 6.45) is 2.22. The topological polar surface area (TPSA) is 45.0 Å². The van der Waals surface area contributed by atoms with Crippen molar-refractivity contribution < 1.29 is 13.5 Å². The van der Waals surface area contributed by atoms with Crippen molar-refractivity contribution in [3.8, 4) is 6.07 Å². The molecule has 2 rings (SSSR count). The average molecular weight is 266 g/mol. The molecule has 1 aromatic rings. The summed E-state index contributed by atoms with van der Waals surface area (Å²) in [6.45, 7) is 3.11. The number of benzene rings is 1. The summed E-state index contributed by atoms with van der Waals surface area (Å²) in [7, 11) is 0. The Balaban J connectivity index is 1.98. The molecule has 102 valence electrons. The summed E-state index contributed by atoms with van der Waals surface area (Å²) < 4.78 is 32.4. The number of rotatable bonds is 4. The highest BCUT2D eigenvalue weighted by Crippen LogP contribution is 2.17. The van der Waals surface area contributed by atoms with E-state index in [-0.39, 0.29) is 12.1 Å². The summed E-state index contributed by atoms with van der Waals surface area (Å²) in [5.74, 6) is -1.63. The van der Waals surface area contributed by atoms with Crippen LogP contribution < -0.4 is 5.32 Å². The van der Waals surface area contributed by atoms with E-state index >= 15 is 0 Å². The molecule has 1 N–H and O–H groups in total. The molecule has 3 nitrogen and oxygen atoms in total. The lowest BCUT2D eigenvalue weighted by atomic mass is 10.1. The van der Waals surface area contributed by atoms with Crippen LogP contribution in [0.2, 0.25) is 0 Å². The highest BCUT2D eigenvalue weighted by atomic mass is 19.1. The number of nitriles is 1. The number of hydrogen-bond acceptors (Lipinski definition) is 3. The van der Waals surface area contributed by atoms with Crippen molar-refractivity contribution in [2.75, 3.05) is 6.61 Å². The van der Waals surface area contributed by atoms with Gasteiger partial charge in [-0.2, -0.15) is 5.26 Å². The molecular formula is C14H16F2N2O. The molecule has 0 bridgehead atoms. The highest BCUT2D eigenvalue weighted by Gasteiger charge is 2.22. The Morgan fingerprint density at radius 1 is 1.47 bits per heavy atom. The first-order valence-electron chi connectivity index (χ1n) is 6.35. The Labute approximate surface area is 111 Å². The normalized spacial score (nSPS) is 20.2. The number of ether oxygens (including phenoxy) is 1. The fourth-order valence-corrected chi connectivity index (χ4v) is 2.24. The molecule has 0 spiro atoms. The number of nitrogens with zero attached hydrogens (tertiary/aromatic N) is 1. The van der Waals surface area contributed by atoms with Gasteiger partial charge in [-0.05, 0) is 37.5 Å². The summed E-state index contributed by atoms with van der Waals surface area (Å²) in [5, 5.41) is 11.8. The second-order valence-corrected chi connectivity index (χ2v) is 4.77. The van der Waals surface area contributed by atoms with Crippen molar-refractivity contribution in [1.82, 2.24) is 5.32 Å². The third-order valence-electron chi connectivity index (χ3n) is 3.36. The van der Waals surface area contributed by atoms with Crippen LogP contribution in [0.3, 0.4) is 0 Å². The minimum Gasteiger partial charge on any atom is -0.377 e. The van der Waals surface area contributed by atoms with Crippen molar-refractivity contribution in [3.05, 3.63) is 34.9 Å². The quantitative estimate of drug-likeness (QED) is 0.910. The van der Waals surface area contributed by atoms with Crippen LogP contribution in [0.4, 0.5) is 8.78 Å². The van der Waals surface area contributed by atoms with Crippen molar-refractivity contribution in [1.29, 1.82) is 5.26 Å². The summed E-state index contributed by atoms with van der Waals surface area (Å²) in [6, 6.07) is 4.02. The lowest BCUT2D eigenvalue weighted by Gasteiger charge is -2.20. The molecule has 19 heavy (non-hydrogen) atoms. The van der Waals surface area contributed by atoms with E-state index in [1.54, 1.807) is 0 Å². The molecule has 0 aliphatic carbocycles. The van der Waals surface area contributed by atoms with Gasteiger partial charge in [0.2, 0.25) is 0 Å². The first-order chi connectivity index (χ1) is 9.11. The monoisotopic (exact) mass is 266 g/mol. The van der Waals surface area contributed by atoms with Crippen LogP contribution in [0.25, 0.3) is 0 Å². The zero-order valence-electron chi connectivity index (χ0n) is 10.7. The zero-order valence-corrected chi connectivity index (χ0v) is 10.7. The van der Waals surface area contributed by atoms with Crippen molar-refractivity contribution in [3.63, 3.8) is 0 Å². The van der Waals surface area contributed by atoms with E-state index in [4.69, 9.17) is 10.00 Å². The first kappa shape index (κ1) is 13.9. The third-order valence-corrected chi connectivity index (χ3v) is 3.36. The molecule has 0 radical (unpaired) electrons. The molecule has 0 saturated carbocycles. The Morgan fingerprint density at radius 2 is 2.16 bits per heavy atom. The predicted molar refractivity (Wildman–Crippen MR) is 66.3 cm³/mol. The maximum absolute atomic E-state index is 13.4. The molecule has 2 unspecified atom stereocenters. The van der Waals surface area contributed by atoms with Gasteiger partial charge in [0, 0.05) is 19.2 Å². The van der Waals surface area contributed by atoms with Crippen molar-refractivity contribution in [2.45, 2.75) is 38.5 Å².